The molecular formula is C19H15N3O3. The average molecular weight is 333 g/mol. The van der Waals surface area contributed by atoms with Crippen LogP contribution in [0.15, 0.2) is 47.5 Å². The summed E-state index contributed by atoms with van der Waals surface area (Å²) >= 11 is 0. The number of nitrogens with one attached hydrogen (secondary N) is 1. The highest BCUT2D eigenvalue weighted by atomic mass is 16.7. The SMILES string of the molecule is Cc1ccc2c(c1)[nH]c1c(=O)n(Cc3ccc4c(c3)OCO4)cnc12. The minimum atomic E-state index is -0.0866. The van der Waals surface area contributed by atoms with E-state index in [0.29, 0.717) is 23.3 Å². The highest BCUT2D eigenvalue weighted by Gasteiger charge is 2.15. The van der Waals surface area contributed by atoms with E-state index in [1.165, 1.54) is 0 Å². The van der Waals surface area contributed by atoms with Crippen molar-refractivity contribution >= 4 is 21.9 Å². The van der Waals surface area contributed by atoms with Crippen molar-refractivity contribution in [3.63, 3.8) is 0 Å². The number of nitrogens with zero attached hydrogens (tertiary/aromatic N) is 2. The average Bonchev–Trinajstić information content (AvgIpc) is 3.21. The summed E-state index contributed by atoms with van der Waals surface area (Å²) in [6.45, 7) is 2.68. The minimum absolute atomic E-state index is 0.0866. The Kier molecular flexibility index (Phi) is 2.88. The smallest absolute Gasteiger partial charge is 0.277 e. The van der Waals surface area contributed by atoms with E-state index in [9.17, 15) is 4.79 Å². The molecule has 0 aliphatic carbocycles. The number of benzene rings is 2. The van der Waals surface area contributed by atoms with Crippen molar-refractivity contribution in [3.8, 4) is 11.5 Å². The van der Waals surface area contributed by atoms with Gasteiger partial charge in [0.25, 0.3) is 5.56 Å². The Hall–Kier alpha value is -3.28. The number of H-pyrrole nitrogens is 1. The number of rotatable bonds is 2. The molecule has 4 aromatic rings. The van der Waals surface area contributed by atoms with Gasteiger partial charge in [-0.2, -0.15) is 0 Å². The molecule has 0 atom stereocenters. The van der Waals surface area contributed by atoms with Gasteiger partial charge in [0.05, 0.1) is 12.9 Å². The lowest BCUT2D eigenvalue weighted by Gasteiger charge is -2.06. The molecule has 6 nitrogen and oxygen atoms in total. The van der Waals surface area contributed by atoms with Crippen molar-refractivity contribution in [2.75, 3.05) is 6.79 Å². The number of hydrogen-bond acceptors (Lipinski definition) is 4. The maximum Gasteiger partial charge on any atom is 0.277 e. The molecule has 124 valence electrons. The molecule has 0 spiro atoms. The molecule has 1 aliphatic rings. The first-order valence-corrected chi connectivity index (χ1v) is 8.05. The lowest BCUT2D eigenvalue weighted by Crippen LogP contribution is -2.21. The van der Waals surface area contributed by atoms with Crippen LogP contribution in [0.5, 0.6) is 11.5 Å². The first-order valence-electron chi connectivity index (χ1n) is 8.05. The van der Waals surface area contributed by atoms with Gasteiger partial charge in [-0.05, 0) is 36.2 Å². The maximum atomic E-state index is 12.9. The Morgan fingerprint density at radius 2 is 2.04 bits per heavy atom. The molecule has 0 unspecified atom stereocenters. The minimum Gasteiger partial charge on any atom is -0.454 e. The van der Waals surface area contributed by atoms with Gasteiger partial charge in [0.1, 0.15) is 11.0 Å². The Labute approximate surface area is 142 Å². The van der Waals surface area contributed by atoms with Gasteiger partial charge in [-0.3, -0.25) is 9.36 Å². The number of fused-ring (bicyclic) bond motifs is 4. The van der Waals surface area contributed by atoms with E-state index in [2.05, 4.69) is 9.97 Å². The van der Waals surface area contributed by atoms with Crippen LogP contribution in [0.25, 0.3) is 21.9 Å². The molecule has 5 rings (SSSR count). The molecule has 2 aromatic carbocycles. The van der Waals surface area contributed by atoms with Crippen molar-refractivity contribution < 1.29 is 9.47 Å². The highest BCUT2D eigenvalue weighted by molar-refractivity contribution is 6.04. The van der Waals surface area contributed by atoms with Gasteiger partial charge in [-0.15, -0.1) is 0 Å². The molecule has 0 saturated carbocycles. The molecule has 0 radical (unpaired) electrons. The molecular weight excluding hydrogens is 318 g/mol. The Bertz CT molecular complexity index is 1190. The van der Waals surface area contributed by atoms with Crippen LogP contribution < -0.4 is 15.0 Å². The van der Waals surface area contributed by atoms with Crippen LogP contribution in [0, 0.1) is 6.92 Å². The van der Waals surface area contributed by atoms with Crippen molar-refractivity contribution in [1.29, 1.82) is 0 Å². The molecule has 3 heterocycles. The van der Waals surface area contributed by atoms with Gasteiger partial charge in [-0.25, -0.2) is 4.98 Å². The largest absolute Gasteiger partial charge is 0.454 e. The van der Waals surface area contributed by atoms with Gasteiger partial charge < -0.3 is 14.5 Å². The first kappa shape index (κ1) is 14.1. The molecule has 6 heteroatoms. The van der Waals surface area contributed by atoms with Crippen LogP contribution in [0.3, 0.4) is 0 Å². The van der Waals surface area contributed by atoms with E-state index in [0.717, 1.165) is 27.8 Å². The fourth-order valence-electron chi connectivity index (χ4n) is 3.26. The first-order chi connectivity index (χ1) is 12.2. The number of ether oxygens (including phenoxy) is 2. The second-order valence-corrected chi connectivity index (χ2v) is 6.26. The molecule has 0 bridgehead atoms. The Balaban J connectivity index is 1.61. The van der Waals surface area contributed by atoms with E-state index in [4.69, 9.17) is 9.47 Å². The summed E-state index contributed by atoms with van der Waals surface area (Å²) in [4.78, 5) is 20.6. The third-order valence-corrected chi connectivity index (χ3v) is 4.52. The summed E-state index contributed by atoms with van der Waals surface area (Å²) in [5, 5.41) is 0.966. The predicted octanol–water partition coefficient (Wildman–Crippen LogP) is 2.96. The van der Waals surface area contributed by atoms with Crippen molar-refractivity contribution in [2.45, 2.75) is 13.5 Å². The van der Waals surface area contributed by atoms with Gasteiger partial charge in [0, 0.05) is 10.9 Å². The monoisotopic (exact) mass is 333 g/mol. The number of aryl methyl sites for hydroxylation is 1. The maximum absolute atomic E-state index is 12.9. The van der Waals surface area contributed by atoms with Gasteiger partial charge in [0.15, 0.2) is 11.5 Å². The number of hydrogen-bond donors (Lipinski definition) is 1. The van der Waals surface area contributed by atoms with Crippen LogP contribution in [0.4, 0.5) is 0 Å². The van der Waals surface area contributed by atoms with E-state index >= 15 is 0 Å². The van der Waals surface area contributed by atoms with E-state index in [1.54, 1.807) is 10.9 Å². The quantitative estimate of drug-likeness (QED) is 0.612. The van der Waals surface area contributed by atoms with Crippen LogP contribution in [-0.2, 0) is 6.54 Å². The predicted molar refractivity (Wildman–Crippen MR) is 94.3 cm³/mol. The zero-order valence-corrected chi connectivity index (χ0v) is 13.6. The topological polar surface area (TPSA) is 69.1 Å². The van der Waals surface area contributed by atoms with Gasteiger partial charge in [-0.1, -0.05) is 18.2 Å². The lowest BCUT2D eigenvalue weighted by molar-refractivity contribution is 0.174. The molecule has 0 saturated heterocycles. The number of aromatic nitrogens is 3. The molecule has 1 N–H and O–H groups in total. The van der Waals surface area contributed by atoms with Crippen LogP contribution in [-0.4, -0.2) is 21.3 Å². The van der Waals surface area contributed by atoms with Crippen molar-refractivity contribution in [2.24, 2.45) is 0 Å². The molecule has 0 amide bonds. The lowest BCUT2D eigenvalue weighted by atomic mass is 10.2. The second kappa shape index (κ2) is 5.11. The number of aromatic amines is 1. The van der Waals surface area contributed by atoms with Crippen LogP contribution in [0.2, 0.25) is 0 Å². The third kappa shape index (κ3) is 2.18. The summed E-state index contributed by atoms with van der Waals surface area (Å²) in [6, 6.07) is 11.7. The van der Waals surface area contributed by atoms with Crippen LogP contribution >= 0.6 is 0 Å². The second-order valence-electron chi connectivity index (χ2n) is 6.26. The summed E-state index contributed by atoms with van der Waals surface area (Å²) in [6.07, 6.45) is 1.60. The molecule has 2 aromatic heterocycles. The third-order valence-electron chi connectivity index (χ3n) is 4.52. The summed E-state index contributed by atoms with van der Waals surface area (Å²) in [5.74, 6) is 1.44. The van der Waals surface area contributed by atoms with E-state index in [-0.39, 0.29) is 12.4 Å². The molecule has 0 fully saturated rings. The summed E-state index contributed by atoms with van der Waals surface area (Å²) < 4.78 is 12.3. The fraction of sp³-hybridized carbons (Fsp3) is 0.158. The molecule has 25 heavy (non-hydrogen) atoms. The van der Waals surface area contributed by atoms with E-state index in [1.807, 2.05) is 43.3 Å². The highest BCUT2D eigenvalue weighted by Crippen LogP contribution is 2.32. The Morgan fingerprint density at radius 1 is 1.16 bits per heavy atom. The van der Waals surface area contributed by atoms with Gasteiger partial charge in [0.2, 0.25) is 6.79 Å². The van der Waals surface area contributed by atoms with Crippen molar-refractivity contribution in [1.82, 2.24) is 14.5 Å². The normalized spacial score (nSPS) is 13.0. The van der Waals surface area contributed by atoms with Crippen molar-refractivity contribution in [3.05, 3.63) is 64.2 Å². The summed E-state index contributed by atoms with van der Waals surface area (Å²) in [7, 11) is 0. The van der Waals surface area contributed by atoms with Gasteiger partial charge >= 0.3 is 0 Å². The summed E-state index contributed by atoms with van der Waals surface area (Å²) in [5.41, 5.74) is 4.18. The zero-order chi connectivity index (χ0) is 17.0. The fourth-order valence-corrected chi connectivity index (χ4v) is 3.26. The zero-order valence-electron chi connectivity index (χ0n) is 13.6. The van der Waals surface area contributed by atoms with Crippen LogP contribution in [0.1, 0.15) is 11.1 Å². The Morgan fingerprint density at radius 3 is 2.96 bits per heavy atom. The van der Waals surface area contributed by atoms with E-state index < -0.39 is 0 Å². The molecule has 1 aliphatic heterocycles. The standard InChI is InChI=1S/C19H15N3O3/c1-11-2-4-13-14(6-11)21-18-17(13)20-9-22(19(18)23)8-12-3-5-15-16(7-12)25-10-24-15/h2-7,9,21H,8,10H2,1H3.